The summed E-state index contributed by atoms with van der Waals surface area (Å²) in [5.74, 6) is 1.68. The minimum Gasteiger partial charge on any atom is -0.497 e. The highest BCUT2D eigenvalue weighted by Crippen LogP contribution is 2.29. The third-order valence-corrected chi connectivity index (χ3v) is 4.27. The molecule has 0 unspecified atom stereocenters. The van der Waals surface area contributed by atoms with Crippen molar-refractivity contribution < 1.29 is 14.3 Å². The lowest BCUT2D eigenvalue weighted by Gasteiger charge is -2.13. The van der Waals surface area contributed by atoms with Gasteiger partial charge in [0.2, 0.25) is 5.91 Å². The molecule has 0 saturated carbocycles. The first-order valence-corrected chi connectivity index (χ1v) is 8.21. The van der Waals surface area contributed by atoms with Crippen molar-refractivity contribution >= 4 is 17.4 Å². The molecule has 0 radical (unpaired) electrons. The summed E-state index contributed by atoms with van der Waals surface area (Å²) in [4.78, 5) is 21.0. The van der Waals surface area contributed by atoms with E-state index in [9.17, 15) is 4.79 Å². The Bertz CT molecular complexity index is 951. The Morgan fingerprint density at radius 3 is 2.77 bits per heavy atom. The molecule has 0 aliphatic carbocycles. The first kappa shape index (κ1) is 17.7. The summed E-state index contributed by atoms with van der Waals surface area (Å²) >= 11 is 0. The molecule has 0 fully saturated rings. The number of ether oxygens (including phenoxy) is 2. The monoisotopic (exact) mass is 355 g/mol. The molecule has 2 aromatic heterocycles. The molecular formula is C18H21N5O3. The van der Waals surface area contributed by atoms with Crippen molar-refractivity contribution in [1.82, 2.24) is 19.6 Å². The maximum absolute atomic E-state index is 12.4. The topological polar surface area (TPSA) is 90.6 Å². The Labute approximate surface area is 151 Å². The molecule has 3 rings (SSSR count). The smallest absolute Gasteiger partial charge is 0.252 e. The Morgan fingerprint density at radius 1 is 1.23 bits per heavy atom. The molecule has 26 heavy (non-hydrogen) atoms. The van der Waals surface area contributed by atoms with E-state index in [0.29, 0.717) is 35.8 Å². The fourth-order valence-electron chi connectivity index (χ4n) is 2.88. The van der Waals surface area contributed by atoms with Crippen molar-refractivity contribution in [3.05, 3.63) is 41.5 Å². The highest BCUT2D eigenvalue weighted by Gasteiger charge is 2.14. The van der Waals surface area contributed by atoms with Crippen LogP contribution in [0.3, 0.4) is 0 Å². The van der Waals surface area contributed by atoms with Crippen LogP contribution in [0.15, 0.2) is 24.5 Å². The van der Waals surface area contributed by atoms with Crippen molar-refractivity contribution in [2.75, 3.05) is 19.5 Å². The number of hydrogen-bond acceptors (Lipinski definition) is 6. The van der Waals surface area contributed by atoms with E-state index >= 15 is 0 Å². The lowest BCUT2D eigenvalue weighted by atomic mass is 10.1. The van der Waals surface area contributed by atoms with Crippen LogP contribution in [0, 0.1) is 13.8 Å². The molecule has 3 aromatic rings. The summed E-state index contributed by atoms with van der Waals surface area (Å²) in [5, 5.41) is 7.05. The Kier molecular flexibility index (Phi) is 5.01. The maximum atomic E-state index is 12.4. The molecule has 1 N–H and O–H groups in total. The number of nitrogens with zero attached hydrogens (tertiary/aromatic N) is 4. The van der Waals surface area contributed by atoms with Gasteiger partial charge in [0.25, 0.3) is 5.78 Å². The summed E-state index contributed by atoms with van der Waals surface area (Å²) in [6.07, 6.45) is 2.34. The second kappa shape index (κ2) is 7.38. The zero-order valence-electron chi connectivity index (χ0n) is 15.2. The van der Waals surface area contributed by atoms with Crippen molar-refractivity contribution in [3.8, 4) is 11.5 Å². The van der Waals surface area contributed by atoms with E-state index in [4.69, 9.17) is 9.47 Å². The average Bonchev–Trinajstić information content (AvgIpc) is 3.10. The number of nitrogens with one attached hydrogen (secondary N) is 1. The van der Waals surface area contributed by atoms with Gasteiger partial charge in [-0.1, -0.05) is 0 Å². The molecule has 0 bridgehead atoms. The minimum absolute atomic E-state index is 0.117. The molecule has 1 amide bonds. The van der Waals surface area contributed by atoms with Gasteiger partial charge in [0.15, 0.2) is 0 Å². The van der Waals surface area contributed by atoms with Crippen LogP contribution < -0.4 is 14.8 Å². The number of aryl methyl sites for hydroxylation is 2. The normalized spacial score (nSPS) is 10.8. The molecule has 0 spiro atoms. The van der Waals surface area contributed by atoms with Gasteiger partial charge in [-0.05, 0) is 38.0 Å². The summed E-state index contributed by atoms with van der Waals surface area (Å²) < 4.78 is 12.2. The fourth-order valence-corrected chi connectivity index (χ4v) is 2.88. The second-order valence-electron chi connectivity index (χ2n) is 5.85. The van der Waals surface area contributed by atoms with E-state index in [1.807, 2.05) is 13.8 Å². The zero-order chi connectivity index (χ0) is 18.7. The second-order valence-corrected chi connectivity index (χ2v) is 5.85. The summed E-state index contributed by atoms with van der Waals surface area (Å²) in [6, 6.07) is 5.27. The van der Waals surface area contributed by atoms with Crippen LogP contribution in [0.1, 0.15) is 23.4 Å². The van der Waals surface area contributed by atoms with Crippen LogP contribution in [0.4, 0.5) is 5.69 Å². The number of methoxy groups -OCH3 is 2. The molecule has 1 aromatic carbocycles. The van der Waals surface area contributed by atoms with E-state index in [1.165, 1.54) is 6.33 Å². The molecule has 0 saturated heterocycles. The number of amides is 1. The van der Waals surface area contributed by atoms with Gasteiger partial charge in [-0.25, -0.2) is 9.50 Å². The highest BCUT2D eigenvalue weighted by atomic mass is 16.5. The van der Waals surface area contributed by atoms with Gasteiger partial charge in [-0.3, -0.25) is 4.79 Å². The lowest BCUT2D eigenvalue weighted by Crippen LogP contribution is -2.15. The third-order valence-electron chi connectivity index (χ3n) is 4.27. The van der Waals surface area contributed by atoms with Gasteiger partial charge in [0, 0.05) is 23.9 Å². The summed E-state index contributed by atoms with van der Waals surface area (Å²) in [5.41, 5.74) is 3.37. The number of carbonyl (C=O) groups is 1. The number of aromatic nitrogens is 4. The van der Waals surface area contributed by atoms with Crippen LogP contribution in [0.2, 0.25) is 0 Å². The van der Waals surface area contributed by atoms with Crippen molar-refractivity contribution in [2.24, 2.45) is 0 Å². The van der Waals surface area contributed by atoms with Gasteiger partial charge in [-0.15, -0.1) is 0 Å². The predicted molar refractivity (Wildman–Crippen MR) is 96.8 cm³/mol. The third kappa shape index (κ3) is 3.44. The largest absolute Gasteiger partial charge is 0.497 e. The first-order chi connectivity index (χ1) is 12.5. The Balaban J connectivity index is 1.74. The molecule has 136 valence electrons. The SMILES string of the molecule is COc1ccc(OC)c(NC(=O)CCc2c(C)nc3ncnn3c2C)c1. The number of rotatable bonds is 6. The van der Waals surface area contributed by atoms with E-state index in [1.54, 1.807) is 36.9 Å². The molecule has 2 heterocycles. The molecule has 8 heteroatoms. The fraction of sp³-hybridized carbons (Fsp3) is 0.333. The first-order valence-electron chi connectivity index (χ1n) is 8.21. The summed E-state index contributed by atoms with van der Waals surface area (Å²) in [7, 11) is 3.13. The highest BCUT2D eigenvalue weighted by molar-refractivity contribution is 5.92. The van der Waals surface area contributed by atoms with Crippen molar-refractivity contribution in [1.29, 1.82) is 0 Å². The van der Waals surface area contributed by atoms with Crippen LogP contribution >= 0.6 is 0 Å². The number of benzene rings is 1. The molecule has 0 aliphatic heterocycles. The Hall–Kier alpha value is -3.16. The van der Waals surface area contributed by atoms with Gasteiger partial charge in [-0.2, -0.15) is 10.1 Å². The zero-order valence-corrected chi connectivity index (χ0v) is 15.2. The number of carbonyl (C=O) groups excluding carboxylic acids is 1. The average molecular weight is 355 g/mol. The Morgan fingerprint density at radius 2 is 2.04 bits per heavy atom. The van der Waals surface area contributed by atoms with Crippen LogP contribution in [-0.2, 0) is 11.2 Å². The quantitative estimate of drug-likeness (QED) is 0.730. The minimum atomic E-state index is -0.117. The number of hydrogen-bond donors (Lipinski definition) is 1. The van der Waals surface area contributed by atoms with E-state index in [0.717, 1.165) is 17.0 Å². The molecular weight excluding hydrogens is 334 g/mol. The van der Waals surface area contributed by atoms with Crippen LogP contribution in [0.25, 0.3) is 5.78 Å². The predicted octanol–water partition coefficient (Wildman–Crippen LogP) is 2.33. The maximum Gasteiger partial charge on any atom is 0.252 e. The van der Waals surface area contributed by atoms with E-state index < -0.39 is 0 Å². The molecule has 0 atom stereocenters. The van der Waals surface area contributed by atoms with Gasteiger partial charge in [0.1, 0.15) is 17.8 Å². The van der Waals surface area contributed by atoms with Crippen molar-refractivity contribution in [2.45, 2.75) is 26.7 Å². The lowest BCUT2D eigenvalue weighted by molar-refractivity contribution is -0.116. The van der Waals surface area contributed by atoms with Gasteiger partial charge >= 0.3 is 0 Å². The number of anilines is 1. The van der Waals surface area contributed by atoms with Crippen LogP contribution in [-0.4, -0.2) is 39.7 Å². The van der Waals surface area contributed by atoms with E-state index in [-0.39, 0.29) is 5.91 Å². The van der Waals surface area contributed by atoms with Gasteiger partial charge in [0.05, 0.1) is 19.9 Å². The number of fused-ring (bicyclic) bond motifs is 1. The van der Waals surface area contributed by atoms with E-state index in [2.05, 4.69) is 20.4 Å². The van der Waals surface area contributed by atoms with Crippen LogP contribution in [0.5, 0.6) is 11.5 Å². The van der Waals surface area contributed by atoms with Gasteiger partial charge < -0.3 is 14.8 Å². The molecule has 0 aliphatic rings. The molecule has 8 nitrogen and oxygen atoms in total. The summed E-state index contributed by atoms with van der Waals surface area (Å²) in [6.45, 7) is 3.87. The van der Waals surface area contributed by atoms with Crippen molar-refractivity contribution in [3.63, 3.8) is 0 Å². The standard InChI is InChI=1S/C18H21N5O3/c1-11-14(12(2)23-18(21-11)19-10-20-23)6-8-17(24)22-15-9-13(25-3)5-7-16(15)26-4/h5,7,9-10H,6,8H2,1-4H3,(H,22,24).